The van der Waals surface area contributed by atoms with Crippen molar-refractivity contribution in [2.45, 2.75) is 25.9 Å². The summed E-state index contributed by atoms with van der Waals surface area (Å²) in [5, 5.41) is 6.18. The van der Waals surface area contributed by atoms with Gasteiger partial charge in [0.05, 0.1) is 11.4 Å². The van der Waals surface area contributed by atoms with E-state index in [1.165, 1.54) is 29.8 Å². The maximum absolute atomic E-state index is 11.9. The van der Waals surface area contributed by atoms with Crippen LogP contribution in [0.4, 0.5) is 0 Å². The number of hydrogen-bond acceptors (Lipinski definition) is 4. The molecule has 0 aliphatic heterocycles. The highest BCUT2D eigenvalue weighted by molar-refractivity contribution is 7.99. The average molecular weight is 346 g/mol. The van der Waals surface area contributed by atoms with Gasteiger partial charge in [-0.05, 0) is 31.0 Å². The maximum Gasteiger partial charge on any atom is 0.230 e. The maximum atomic E-state index is 11.9. The number of hydrogen-bond donors (Lipinski definition) is 2. The highest BCUT2D eigenvalue weighted by Crippen LogP contribution is 2.24. The summed E-state index contributed by atoms with van der Waals surface area (Å²) in [6.45, 7) is 6.46. The minimum absolute atomic E-state index is 0.0825. The zero-order valence-electron chi connectivity index (χ0n) is 14.1. The molecule has 0 saturated carbocycles. The Hall–Kier alpha value is -2.28. The number of carbonyl (C=O) groups excluding carboxylic acids is 2. The molecular formula is C17H22N4O2S. The van der Waals surface area contributed by atoms with Crippen LogP contribution in [0.2, 0.25) is 0 Å². The zero-order valence-corrected chi connectivity index (χ0v) is 14.9. The first-order valence-electron chi connectivity index (χ1n) is 7.73. The van der Waals surface area contributed by atoms with Crippen LogP contribution in [0, 0.1) is 13.8 Å². The van der Waals surface area contributed by atoms with Crippen molar-refractivity contribution in [3.05, 3.63) is 41.7 Å². The third kappa shape index (κ3) is 4.86. The van der Waals surface area contributed by atoms with Gasteiger partial charge in [0.1, 0.15) is 0 Å². The number of aromatic nitrogens is 2. The number of nitrogens with zero attached hydrogens (tertiary/aromatic N) is 2. The van der Waals surface area contributed by atoms with Crippen molar-refractivity contribution >= 4 is 23.6 Å². The highest BCUT2D eigenvalue weighted by Gasteiger charge is 2.11. The molecule has 2 aromatic rings. The lowest BCUT2D eigenvalue weighted by Crippen LogP contribution is -2.34. The van der Waals surface area contributed by atoms with Gasteiger partial charge in [-0.1, -0.05) is 23.9 Å². The van der Waals surface area contributed by atoms with Gasteiger partial charge in [-0.3, -0.25) is 14.2 Å². The minimum Gasteiger partial charge on any atom is -0.355 e. The number of imidazole rings is 1. The predicted molar refractivity (Wildman–Crippen MR) is 95.5 cm³/mol. The van der Waals surface area contributed by atoms with Crippen molar-refractivity contribution in [2.24, 2.45) is 0 Å². The summed E-state index contributed by atoms with van der Waals surface area (Å²) in [6, 6.07) is 6.13. The smallest absolute Gasteiger partial charge is 0.230 e. The lowest BCUT2D eigenvalue weighted by molar-refractivity contribution is -0.120. The summed E-state index contributed by atoms with van der Waals surface area (Å²) in [7, 11) is 0. The molecule has 0 aliphatic rings. The van der Waals surface area contributed by atoms with Crippen molar-refractivity contribution in [3.8, 4) is 5.69 Å². The number of amides is 2. The monoisotopic (exact) mass is 346 g/mol. The third-order valence-electron chi connectivity index (χ3n) is 3.60. The number of benzene rings is 1. The number of thioether (sulfide) groups is 1. The Balaban J connectivity index is 1.93. The van der Waals surface area contributed by atoms with E-state index in [9.17, 15) is 9.59 Å². The summed E-state index contributed by atoms with van der Waals surface area (Å²) in [5.74, 6) is 0.0946. The van der Waals surface area contributed by atoms with Gasteiger partial charge in [-0.25, -0.2) is 4.98 Å². The van der Waals surface area contributed by atoms with Crippen molar-refractivity contribution in [1.29, 1.82) is 0 Å². The fourth-order valence-corrected chi connectivity index (χ4v) is 2.99. The SMILES string of the molecule is CC(=O)NCCNC(=O)CSc1nccn1-c1cccc(C)c1C. The third-order valence-corrected chi connectivity index (χ3v) is 4.56. The van der Waals surface area contributed by atoms with E-state index in [4.69, 9.17) is 0 Å². The Kier molecular flexibility index (Phi) is 6.43. The number of aryl methyl sites for hydroxylation is 1. The lowest BCUT2D eigenvalue weighted by atomic mass is 10.1. The molecule has 2 rings (SSSR count). The van der Waals surface area contributed by atoms with Gasteiger partial charge in [0.15, 0.2) is 5.16 Å². The molecule has 1 aromatic carbocycles. The molecule has 1 heterocycles. The summed E-state index contributed by atoms with van der Waals surface area (Å²) >= 11 is 1.39. The molecule has 1 aromatic heterocycles. The van der Waals surface area contributed by atoms with Gasteiger partial charge < -0.3 is 10.6 Å². The molecule has 0 unspecified atom stereocenters. The van der Waals surface area contributed by atoms with Crippen LogP contribution in [0.3, 0.4) is 0 Å². The Morgan fingerprint density at radius 1 is 1.21 bits per heavy atom. The Morgan fingerprint density at radius 3 is 2.71 bits per heavy atom. The summed E-state index contributed by atoms with van der Waals surface area (Å²) in [6.07, 6.45) is 3.64. The van der Waals surface area contributed by atoms with Crippen LogP contribution in [0.25, 0.3) is 5.69 Å². The van der Waals surface area contributed by atoms with Gasteiger partial charge in [-0.15, -0.1) is 0 Å². The molecule has 6 nitrogen and oxygen atoms in total. The van der Waals surface area contributed by atoms with E-state index in [0.717, 1.165) is 10.8 Å². The predicted octanol–water partition coefficient (Wildman–Crippen LogP) is 1.83. The first kappa shape index (κ1) is 18.1. The molecule has 0 spiro atoms. The zero-order chi connectivity index (χ0) is 17.5. The quantitative estimate of drug-likeness (QED) is 0.592. The van der Waals surface area contributed by atoms with E-state index >= 15 is 0 Å². The number of rotatable bonds is 7. The van der Waals surface area contributed by atoms with Gasteiger partial charge in [-0.2, -0.15) is 0 Å². The van der Waals surface area contributed by atoms with E-state index in [-0.39, 0.29) is 17.6 Å². The van der Waals surface area contributed by atoms with Crippen LogP contribution in [0.1, 0.15) is 18.1 Å². The van der Waals surface area contributed by atoms with Crippen LogP contribution in [0.5, 0.6) is 0 Å². The van der Waals surface area contributed by atoms with E-state index < -0.39 is 0 Å². The van der Waals surface area contributed by atoms with Gasteiger partial charge in [0, 0.05) is 32.4 Å². The molecule has 0 atom stereocenters. The molecule has 2 N–H and O–H groups in total. The molecular weight excluding hydrogens is 324 g/mol. The molecule has 24 heavy (non-hydrogen) atoms. The molecule has 0 saturated heterocycles. The second-order valence-electron chi connectivity index (χ2n) is 5.42. The number of carbonyl (C=O) groups is 2. The van der Waals surface area contributed by atoms with Crippen LogP contribution < -0.4 is 10.6 Å². The number of nitrogens with one attached hydrogen (secondary N) is 2. The first-order valence-corrected chi connectivity index (χ1v) is 8.71. The van der Waals surface area contributed by atoms with E-state index in [1.807, 2.05) is 22.9 Å². The van der Waals surface area contributed by atoms with E-state index in [0.29, 0.717) is 13.1 Å². The highest BCUT2D eigenvalue weighted by atomic mass is 32.2. The van der Waals surface area contributed by atoms with E-state index in [1.54, 1.807) is 6.20 Å². The molecule has 0 fully saturated rings. The molecule has 128 valence electrons. The lowest BCUT2D eigenvalue weighted by Gasteiger charge is -2.12. The molecule has 2 amide bonds. The van der Waals surface area contributed by atoms with Crippen molar-refractivity contribution in [3.63, 3.8) is 0 Å². The normalized spacial score (nSPS) is 10.5. The molecule has 7 heteroatoms. The fourth-order valence-electron chi connectivity index (χ4n) is 2.20. The van der Waals surface area contributed by atoms with Gasteiger partial charge in [0.2, 0.25) is 11.8 Å². The second kappa shape index (κ2) is 8.54. The van der Waals surface area contributed by atoms with Crippen molar-refractivity contribution in [2.75, 3.05) is 18.8 Å². The van der Waals surface area contributed by atoms with Crippen molar-refractivity contribution in [1.82, 2.24) is 20.2 Å². The summed E-state index contributed by atoms with van der Waals surface area (Å²) < 4.78 is 2.00. The summed E-state index contributed by atoms with van der Waals surface area (Å²) in [4.78, 5) is 27.0. The Bertz CT molecular complexity index is 727. The Labute approximate surface area is 146 Å². The average Bonchev–Trinajstić information content (AvgIpc) is 3.00. The molecule has 0 bridgehead atoms. The molecule has 0 aliphatic carbocycles. The standard InChI is InChI=1S/C17H22N4O2S/c1-12-5-4-6-15(13(12)2)21-10-9-20-17(21)24-11-16(23)19-8-7-18-14(3)22/h4-6,9-10H,7-8,11H2,1-3H3,(H,18,22)(H,19,23). The van der Waals surface area contributed by atoms with Crippen LogP contribution in [0.15, 0.2) is 35.7 Å². The van der Waals surface area contributed by atoms with Crippen LogP contribution in [-0.2, 0) is 9.59 Å². The topological polar surface area (TPSA) is 76.0 Å². The van der Waals surface area contributed by atoms with Gasteiger partial charge in [0.25, 0.3) is 0 Å². The second-order valence-corrected chi connectivity index (χ2v) is 6.36. The van der Waals surface area contributed by atoms with E-state index in [2.05, 4.69) is 35.5 Å². The van der Waals surface area contributed by atoms with Crippen LogP contribution >= 0.6 is 11.8 Å². The minimum atomic E-state index is -0.103. The first-order chi connectivity index (χ1) is 11.5. The molecule has 0 radical (unpaired) electrons. The fraction of sp³-hybridized carbons (Fsp3) is 0.353. The van der Waals surface area contributed by atoms with Crippen molar-refractivity contribution < 1.29 is 9.59 Å². The Morgan fingerprint density at radius 2 is 1.96 bits per heavy atom. The van der Waals surface area contributed by atoms with Gasteiger partial charge >= 0.3 is 0 Å². The van der Waals surface area contributed by atoms with Crippen LogP contribution in [-0.4, -0.2) is 40.2 Å². The summed E-state index contributed by atoms with van der Waals surface area (Å²) in [5.41, 5.74) is 3.48. The largest absolute Gasteiger partial charge is 0.355 e.